The van der Waals surface area contributed by atoms with Crippen LogP contribution in [0.5, 0.6) is 0 Å². The minimum absolute atomic E-state index is 0.0259. The highest BCUT2D eigenvalue weighted by Crippen LogP contribution is 2.30. The summed E-state index contributed by atoms with van der Waals surface area (Å²) in [5.41, 5.74) is 2.32. The monoisotopic (exact) mass is 380 g/mol. The van der Waals surface area contributed by atoms with Gasteiger partial charge in [0.1, 0.15) is 4.90 Å². The Morgan fingerprint density at radius 2 is 2.25 bits per heavy atom. The number of aromatic nitrogens is 1. The first kappa shape index (κ1) is 16.0. The molecule has 0 bridgehead atoms. The Labute approximate surface area is 131 Å². The van der Waals surface area contributed by atoms with Crippen molar-refractivity contribution in [1.82, 2.24) is 9.71 Å². The van der Waals surface area contributed by atoms with Gasteiger partial charge in [-0.2, -0.15) is 11.8 Å². The van der Waals surface area contributed by atoms with Crippen molar-refractivity contribution in [2.75, 3.05) is 11.7 Å². The molecule has 1 aliphatic carbocycles. The summed E-state index contributed by atoms with van der Waals surface area (Å²) in [5, 5.41) is 0.524. The van der Waals surface area contributed by atoms with Crippen LogP contribution in [-0.2, 0) is 10.0 Å². The first-order chi connectivity index (χ1) is 9.46. The number of nitrogens with two attached hydrogens (primary N) is 1. The molecule has 1 fully saturated rings. The van der Waals surface area contributed by atoms with Gasteiger partial charge in [0.15, 0.2) is 5.82 Å². The summed E-state index contributed by atoms with van der Waals surface area (Å²) < 4.78 is 28.2. The van der Waals surface area contributed by atoms with Crippen LogP contribution in [0.25, 0.3) is 0 Å². The standard InChI is InChI=1S/C11H17BrN4O2S2/c1-19-9-3-2-8(5-9)16-20(17,18)10-4-7(12)6-14-11(10)15-13/h4,6,8-9,16H,2-3,5,13H2,1H3,(H,14,15). The van der Waals surface area contributed by atoms with E-state index < -0.39 is 10.0 Å². The summed E-state index contributed by atoms with van der Waals surface area (Å²) in [4.78, 5) is 4.02. The van der Waals surface area contributed by atoms with E-state index >= 15 is 0 Å². The van der Waals surface area contributed by atoms with Gasteiger partial charge in [-0.05, 0) is 47.5 Å². The first-order valence-corrected chi connectivity index (χ1v) is 9.70. The molecule has 9 heteroatoms. The van der Waals surface area contributed by atoms with Gasteiger partial charge in [-0.25, -0.2) is 24.0 Å². The maximum Gasteiger partial charge on any atom is 0.244 e. The fraction of sp³-hybridized carbons (Fsp3) is 0.545. The lowest BCUT2D eigenvalue weighted by Gasteiger charge is -2.15. The van der Waals surface area contributed by atoms with Crippen LogP contribution in [0.3, 0.4) is 0 Å². The molecule has 0 radical (unpaired) electrons. The predicted octanol–water partition coefficient (Wildman–Crippen LogP) is 1.69. The molecular weight excluding hydrogens is 364 g/mol. The third-order valence-corrected chi connectivity index (χ3v) is 6.35. The molecule has 1 aliphatic rings. The van der Waals surface area contributed by atoms with E-state index in [9.17, 15) is 8.42 Å². The van der Waals surface area contributed by atoms with E-state index in [2.05, 4.69) is 37.3 Å². The molecule has 0 spiro atoms. The SMILES string of the molecule is CSC1CCC(NS(=O)(=O)c2cc(Br)cnc2NN)C1. The second kappa shape index (κ2) is 6.61. The van der Waals surface area contributed by atoms with E-state index in [-0.39, 0.29) is 16.8 Å². The van der Waals surface area contributed by atoms with Crippen molar-refractivity contribution in [3.8, 4) is 0 Å². The van der Waals surface area contributed by atoms with Crippen LogP contribution in [0.2, 0.25) is 0 Å². The largest absolute Gasteiger partial charge is 0.307 e. The van der Waals surface area contributed by atoms with Crippen molar-refractivity contribution in [3.63, 3.8) is 0 Å². The summed E-state index contributed by atoms with van der Waals surface area (Å²) in [6, 6.07) is 1.47. The van der Waals surface area contributed by atoms with Gasteiger partial charge in [-0.1, -0.05) is 0 Å². The summed E-state index contributed by atoms with van der Waals surface area (Å²) in [6.07, 6.45) is 6.29. The smallest absolute Gasteiger partial charge is 0.244 e. The molecule has 112 valence electrons. The fourth-order valence-corrected chi connectivity index (χ4v) is 4.99. The van der Waals surface area contributed by atoms with Crippen molar-refractivity contribution in [1.29, 1.82) is 0 Å². The molecule has 2 atom stereocenters. The molecule has 20 heavy (non-hydrogen) atoms. The number of pyridine rings is 1. The van der Waals surface area contributed by atoms with Gasteiger partial charge in [0.05, 0.1) is 0 Å². The normalized spacial score (nSPS) is 22.9. The number of nitrogens with one attached hydrogen (secondary N) is 2. The van der Waals surface area contributed by atoms with Crippen molar-refractivity contribution in [2.45, 2.75) is 35.4 Å². The fourth-order valence-electron chi connectivity index (χ4n) is 2.28. The van der Waals surface area contributed by atoms with Crippen LogP contribution in [0.4, 0.5) is 5.82 Å². The third kappa shape index (κ3) is 3.64. The molecule has 0 aromatic carbocycles. The first-order valence-electron chi connectivity index (χ1n) is 6.13. The van der Waals surface area contributed by atoms with Gasteiger partial charge in [0.25, 0.3) is 0 Å². The molecule has 0 saturated heterocycles. The Bertz CT molecular complexity index is 582. The number of hydrogen-bond acceptors (Lipinski definition) is 6. The van der Waals surface area contributed by atoms with Crippen LogP contribution >= 0.6 is 27.7 Å². The Kier molecular flexibility index (Phi) is 5.30. The highest BCUT2D eigenvalue weighted by atomic mass is 79.9. The molecule has 1 aromatic heterocycles. The van der Waals surface area contributed by atoms with Crippen LogP contribution in [0.15, 0.2) is 21.6 Å². The van der Waals surface area contributed by atoms with Crippen LogP contribution in [0.1, 0.15) is 19.3 Å². The highest BCUT2D eigenvalue weighted by molar-refractivity contribution is 9.10. The van der Waals surface area contributed by atoms with Gasteiger partial charge in [0.2, 0.25) is 10.0 Å². The van der Waals surface area contributed by atoms with Crippen LogP contribution in [-0.4, -0.2) is 30.9 Å². The second-order valence-electron chi connectivity index (χ2n) is 4.63. The topological polar surface area (TPSA) is 97.1 Å². The summed E-state index contributed by atoms with van der Waals surface area (Å²) in [6.45, 7) is 0. The lowest BCUT2D eigenvalue weighted by Crippen LogP contribution is -2.34. The molecule has 2 unspecified atom stereocenters. The number of nitrogens with zero attached hydrogens (tertiary/aromatic N) is 1. The van der Waals surface area contributed by atoms with E-state index in [0.29, 0.717) is 9.72 Å². The van der Waals surface area contributed by atoms with Crippen LogP contribution in [0, 0.1) is 0 Å². The van der Waals surface area contributed by atoms with Crippen molar-refractivity contribution in [3.05, 3.63) is 16.7 Å². The van der Waals surface area contributed by atoms with E-state index in [1.807, 2.05) is 0 Å². The van der Waals surface area contributed by atoms with E-state index in [1.165, 1.54) is 12.3 Å². The molecule has 2 rings (SSSR count). The lowest BCUT2D eigenvalue weighted by molar-refractivity contribution is 0.552. The Morgan fingerprint density at radius 3 is 2.85 bits per heavy atom. The highest BCUT2D eigenvalue weighted by Gasteiger charge is 2.29. The zero-order valence-electron chi connectivity index (χ0n) is 11.0. The van der Waals surface area contributed by atoms with Gasteiger partial charge in [-0.3, -0.25) is 0 Å². The number of halogens is 1. The Hall–Kier alpha value is -0.350. The molecule has 1 aromatic rings. The number of hydrogen-bond donors (Lipinski definition) is 3. The van der Waals surface area contributed by atoms with E-state index in [4.69, 9.17) is 5.84 Å². The summed E-state index contributed by atoms with van der Waals surface area (Å²) in [7, 11) is -3.63. The van der Waals surface area contributed by atoms with Gasteiger partial charge in [-0.15, -0.1) is 0 Å². The number of hydrazine groups is 1. The maximum atomic E-state index is 12.4. The predicted molar refractivity (Wildman–Crippen MR) is 85.0 cm³/mol. The Morgan fingerprint density at radius 1 is 1.50 bits per heavy atom. The minimum atomic E-state index is -3.63. The van der Waals surface area contributed by atoms with Crippen molar-refractivity contribution in [2.24, 2.45) is 5.84 Å². The summed E-state index contributed by atoms with van der Waals surface area (Å²) >= 11 is 5.01. The van der Waals surface area contributed by atoms with Crippen LogP contribution < -0.4 is 16.0 Å². The number of rotatable bonds is 5. The molecule has 1 saturated carbocycles. The van der Waals surface area contributed by atoms with E-state index in [0.717, 1.165) is 19.3 Å². The zero-order valence-corrected chi connectivity index (χ0v) is 14.2. The second-order valence-corrected chi connectivity index (χ2v) is 8.37. The number of anilines is 1. The number of nitrogen functional groups attached to an aromatic ring is 1. The molecule has 1 heterocycles. The van der Waals surface area contributed by atoms with Crippen molar-refractivity contribution >= 4 is 43.5 Å². The Balaban J connectivity index is 2.20. The van der Waals surface area contributed by atoms with E-state index in [1.54, 1.807) is 11.8 Å². The molecular formula is C11H17BrN4O2S2. The third-order valence-electron chi connectivity index (χ3n) is 3.29. The minimum Gasteiger partial charge on any atom is -0.307 e. The lowest BCUT2D eigenvalue weighted by atomic mass is 10.3. The van der Waals surface area contributed by atoms with Gasteiger partial charge in [0, 0.05) is 22.0 Å². The molecule has 0 aliphatic heterocycles. The molecule has 0 amide bonds. The average molecular weight is 381 g/mol. The number of sulfonamides is 1. The molecule has 6 nitrogen and oxygen atoms in total. The summed E-state index contributed by atoms with van der Waals surface area (Å²) in [5.74, 6) is 5.46. The number of thioether (sulfide) groups is 1. The van der Waals surface area contributed by atoms with Gasteiger partial charge >= 0.3 is 0 Å². The maximum absolute atomic E-state index is 12.4. The quantitative estimate of drug-likeness (QED) is 0.531. The zero-order chi connectivity index (χ0) is 14.8. The molecule has 4 N–H and O–H groups in total. The van der Waals surface area contributed by atoms with Gasteiger partial charge < -0.3 is 5.43 Å². The van der Waals surface area contributed by atoms with Crippen molar-refractivity contribution < 1.29 is 8.42 Å². The average Bonchev–Trinajstić information content (AvgIpc) is 2.85.